The van der Waals surface area contributed by atoms with Gasteiger partial charge in [-0.15, -0.1) is 0 Å². The smallest absolute Gasteiger partial charge is 0.0930 e. The van der Waals surface area contributed by atoms with Crippen LogP contribution in [0.5, 0.6) is 0 Å². The number of ether oxygens (including phenoxy) is 2. The Hall–Kier alpha value is -0.120. The van der Waals surface area contributed by atoms with Gasteiger partial charge in [0, 0.05) is 19.8 Å². The molecule has 0 saturated heterocycles. The van der Waals surface area contributed by atoms with E-state index in [1.165, 1.54) is 148 Å². The van der Waals surface area contributed by atoms with Crippen molar-refractivity contribution in [2.24, 2.45) is 5.73 Å². The van der Waals surface area contributed by atoms with Crippen LogP contribution in [0.2, 0.25) is 0 Å². The van der Waals surface area contributed by atoms with E-state index in [0.29, 0.717) is 13.2 Å². The first kappa shape index (κ1) is 33.9. The third-order valence-corrected chi connectivity index (χ3v) is 7.06. The van der Waals surface area contributed by atoms with E-state index in [-0.39, 0.29) is 6.10 Å². The van der Waals surface area contributed by atoms with Gasteiger partial charge in [-0.1, -0.05) is 155 Å². The molecule has 0 rings (SSSR count). The van der Waals surface area contributed by atoms with Crippen LogP contribution in [0, 0.1) is 0 Å². The fourth-order valence-corrected chi connectivity index (χ4v) is 4.64. The van der Waals surface area contributed by atoms with Crippen LogP contribution in [-0.4, -0.2) is 32.5 Å². The van der Waals surface area contributed by atoms with Crippen LogP contribution in [0.15, 0.2) is 0 Å². The standard InChI is InChI=1S/C31H65NO2/c1-3-5-7-9-11-13-14-15-16-17-18-19-20-21-23-25-27-33-30-31(29-32)34-28-26-24-22-12-10-8-6-4-2/h31H,3-30,32H2,1-2H3. The average Bonchev–Trinajstić information content (AvgIpc) is 2.85. The van der Waals surface area contributed by atoms with Crippen LogP contribution in [0.1, 0.15) is 168 Å². The highest BCUT2D eigenvalue weighted by Crippen LogP contribution is 2.14. The summed E-state index contributed by atoms with van der Waals surface area (Å²) in [7, 11) is 0. The fourth-order valence-electron chi connectivity index (χ4n) is 4.64. The Labute approximate surface area is 215 Å². The molecule has 0 aromatic carbocycles. The lowest BCUT2D eigenvalue weighted by Gasteiger charge is -2.16. The number of unbranched alkanes of at least 4 members (excludes halogenated alkanes) is 22. The zero-order chi connectivity index (χ0) is 24.8. The normalized spacial score (nSPS) is 12.4. The van der Waals surface area contributed by atoms with Crippen molar-refractivity contribution >= 4 is 0 Å². The molecule has 2 N–H and O–H groups in total. The van der Waals surface area contributed by atoms with Gasteiger partial charge in [0.1, 0.15) is 0 Å². The quantitative estimate of drug-likeness (QED) is 0.103. The van der Waals surface area contributed by atoms with Crippen molar-refractivity contribution in [3.05, 3.63) is 0 Å². The van der Waals surface area contributed by atoms with Crippen molar-refractivity contribution in [3.8, 4) is 0 Å². The minimum Gasteiger partial charge on any atom is -0.379 e. The third kappa shape index (κ3) is 28.1. The molecular formula is C31H65NO2. The second-order valence-corrected chi connectivity index (χ2v) is 10.6. The molecule has 0 spiro atoms. The fraction of sp³-hybridized carbons (Fsp3) is 1.00. The van der Waals surface area contributed by atoms with Gasteiger partial charge >= 0.3 is 0 Å². The van der Waals surface area contributed by atoms with Crippen LogP contribution in [0.3, 0.4) is 0 Å². The maximum atomic E-state index is 5.92. The van der Waals surface area contributed by atoms with Gasteiger partial charge in [0.25, 0.3) is 0 Å². The van der Waals surface area contributed by atoms with Gasteiger partial charge < -0.3 is 15.2 Å². The van der Waals surface area contributed by atoms with Gasteiger partial charge in [-0.2, -0.15) is 0 Å². The number of hydrogen-bond acceptors (Lipinski definition) is 3. The molecule has 3 nitrogen and oxygen atoms in total. The van der Waals surface area contributed by atoms with Crippen molar-refractivity contribution in [2.75, 3.05) is 26.4 Å². The van der Waals surface area contributed by atoms with E-state index >= 15 is 0 Å². The molecule has 1 atom stereocenters. The van der Waals surface area contributed by atoms with Crippen LogP contribution in [-0.2, 0) is 9.47 Å². The highest BCUT2D eigenvalue weighted by molar-refractivity contribution is 4.58. The summed E-state index contributed by atoms with van der Waals surface area (Å²) in [5, 5.41) is 0. The molecule has 0 aromatic rings. The van der Waals surface area contributed by atoms with Crippen molar-refractivity contribution in [1.29, 1.82) is 0 Å². The first-order chi connectivity index (χ1) is 16.8. The van der Waals surface area contributed by atoms with E-state index in [2.05, 4.69) is 13.8 Å². The van der Waals surface area contributed by atoms with Crippen molar-refractivity contribution in [3.63, 3.8) is 0 Å². The molecule has 34 heavy (non-hydrogen) atoms. The molecule has 0 aliphatic heterocycles. The molecule has 206 valence electrons. The summed E-state index contributed by atoms with van der Waals surface area (Å²) in [6.45, 7) is 7.48. The van der Waals surface area contributed by atoms with Gasteiger partial charge in [0.05, 0.1) is 12.7 Å². The number of hydrogen-bond donors (Lipinski definition) is 1. The first-order valence-corrected chi connectivity index (χ1v) is 15.7. The van der Waals surface area contributed by atoms with E-state index in [0.717, 1.165) is 19.6 Å². The second-order valence-electron chi connectivity index (χ2n) is 10.6. The molecule has 0 fully saturated rings. The first-order valence-electron chi connectivity index (χ1n) is 15.7. The van der Waals surface area contributed by atoms with Crippen molar-refractivity contribution in [2.45, 2.75) is 174 Å². The molecule has 0 aromatic heterocycles. The second kappa shape index (κ2) is 30.9. The molecular weight excluding hydrogens is 418 g/mol. The average molecular weight is 484 g/mol. The van der Waals surface area contributed by atoms with Gasteiger partial charge in [-0.25, -0.2) is 0 Å². The Morgan fingerprint density at radius 3 is 1.12 bits per heavy atom. The minimum absolute atomic E-state index is 0.0746. The molecule has 0 bridgehead atoms. The van der Waals surface area contributed by atoms with Crippen LogP contribution >= 0.6 is 0 Å². The Morgan fingerprint density at radius 2 is 0.765 bits per heavy atom. The molecule has 3 heteroatoms. The molecule has 0 amide bonds. The SMILES string of the molecule is CCCCCCCCCCCCCCCCCCOCC(CN)OCCCCCCCCCC. The Balaban J connectivity index is 3.22. The van der Waals surface area contributed by atoms with E-state index in [9.17, 15) is 0 Å². The lowest BCUT2D eigenvalue weighted by molar-refractivity contribution is -0.0136. The van der Waals surface area contributed by atoms with Crippen LogP contribution in [0.4, 0.5) is 0 Å². The molecule has 0 aliphatic carbocycles. The number of rotatable bonds is 30. The molecule has 0 heterocycles. The predicted octanol–water partition coefficient (Wildman–Crippen LogP) is 9.75. The highest BCUT2D eigenvalue weighted by Gasteiger charge is 2.06. The molecule has 1 unspecified atom stereocenters. The van der Waals surface area contributed by atoms with E-state index < -0.39 is 0 Å². The summed E-state index contributed by atoms with van der Waals surface area (Å²) in [5.74, 6) is 0. The van der Waals surface area contributed by atoms with E-state index in [1.807, 2.05) is 0 Å². The topological polar surface area (TPSA) is 44.5 Å². The Morgan fingerprint density at radius 1 is 0.441 bits per heavy atom. The summed E-state index contributed by atoms with van der Waals surface area (Å²) in [5.41, 5.74) is 5.85. The van der Waals surface area contributed by atoms with Crippen LogP contribution < -0.4 is 5.73 Å². The maximum absolute atomic E-state index is 5.92. The Bertz CT molecular complexity index is 350. The van der Waals surface area contributed by atoms with E-state index in [1.54, 1.807) is 0 Å². The highest BCUT2D eigenvalue weighted by atomic mass is 16.5. The van der Waals surface area contributed by atoms with Crippen molar-refractivity contribution in [1.82, 2.24) is 0 Å². The van der Waals surface area contributed by atoms with Gasteiger partial charge in [-0.3, -0.25) is 0 Å². The predicted molar refractivity (Wildman–Crippen MR) is 152 cm³/mol. The zero-order valence-electron chi connectivity index (χ0n) is 23.8. The largest absolute Gasteiger partial charge is 0.379 e. The monoisotopic (exact) mass is 484 g/mol. The molecule has 0 aliphatic rings. The Kier molecular flexibility index (Phi) is 30.8. The molecule has 0 radical (unpaired) electrons. The lowest BCUT2D eigenvalue weighted by Crippen LogP contribution is -2.29. The zero-order valence-corrected chi connectivity index (χ0v) is 23.8. The number of nitrogens with two attached hydrogens (primary N) is 1. The summed E-state index contributed by atoms with van der Waals surface area (Å²) in [6, 6.07) is 0. The van der Waals surface area contributed by atoms with Gasteiger partial charge in [-0.05, 0) is 12.8 Å². The lowest BCUT2D eigenvalue weighted by atomic mass is 10.0. The molecule has 0 saturated carbocycles. The summed E-state index contributed by atoms with van der Waals surface area (Å²) in [6.07, 6.45) is 33.2. The van der Waals surface area contributed by atoms with Gasteiger partial charge in [0.15, 0.2) is 0 Å². The maximum Gasteiger partial charge on any atom is 0.0930 e. The summed E-state index contributed by atoms with van der Waals surface area (Å²) in [4.78, 5) is 0. The van der Waals surface area contributed by atoms with Crippen molar-refractivity contribution < 1.29 is 9.47 Å². The third-order valence-electron chi connectivity index (χ3n) is 7.06. The summed E-state index contributed by atoms with van der Waals surface area (Å²) >= 11 is 0. The minimum atomic E-state index is 0.0746. The van der Waals surface area contributed by atoms with Crippen LogP contribution in [0.25, 0.3) is 0 Å². The summed E-state index contributed by atoms with van der Waals surface area (Å²) < 4.78 is 11.8. The van der Waals surface area contributed by atoms with Gasteiger partial charge in [0.2, 0.25) is 0 Å². The van der Waals surface area contributed by atoms with E-state index in [4.69, 9.17) is 15.2 Å².